The van der Waals surface area contributed by atoms with Gasteiger partial charge in [-0.3, -0.25) is 0 Å². The van der Waals surface area contributed by atoms with Crippen LogP contribution in [0.4, 0.5) is 0 Å². The third-order valence-electron chi connectivity index (χ3n) is 4.81. The van der Waals surface area contributed by atoms with Gasteiger partial charge in [-0.15, -0.1) is 0 Å². The molecule has 0 N–H and O–H groups in total. The second-order valence-corrected chi connectivity index (χ2v) is 11.4. The van der Waals surface area contributed by atoms with Crippen molar-refractivity contribution in [1.29, 1.82) is 0 Å². The van der Waals surface area contributed by atoms with E-state index in [0.29, 0.717) is 5.92 Å². The summed E-state index contributed by atoms with van der Waals surface area (Å²) in [6.07, 6.45) is 1.79. The highest BCUT2D eigenvalue weighted by Crippen LogP contribution is 2.45. The molecular weight excluding hydrogens is 244 g/mol. The predicted octanol–water partition coefficient (Wildman–Crippen LogP) is 3.39. The summed E-state index contributed by atoms with van der Waals surface area (Å²) < 4.78 is 11.6. The number of aldehydes is 1. The molecule has 1 rings (SSSR count). The van der Waals surface area contributed by atoms with E-state index in [1.807, 2.05) is 0 Å². The van der Waals surface area contributed by atoms with Gasteiger partial charge in [0.1, 0.15) is 6.10 Å². The zero-order valence-electron chi connectivity index (χ0n) is 12.8. The van der Waals surface area contributed by atoms with Gasteiger partial charge in [-0.1, -0.05) is 27.7 Å². The number of ether oxygens (including phenoxy) is 1. The van der Waals surface area contributed by atoms with Crippen LogP contribution >= 0.6 is 0 Å². The molecule has 1 saturated heterocycles. The van der Waals surface area contributed by atoms with E-state index in [0.717, 1.165) is 12.7 Å². The maximum atomic E-state index is 10.5. The molecule has 0 aromatic carbocycles. The molecule has 3 nitrogen and oxygen atoms in total. The van der Waals surface area contributed by atoms with E-state index in [1.54, 1.807) is 0 Å². The molecule has 18 heavy (non-hydrogen) atoms. The molecule has 0 aliphatic carbocycles. The molecule has 0 amide bonds. The third kappa shape index (κ3) is 3.43. The van der Waals surface area contributed by atoms with Gasteiger partial charge in [0.05, 0.1) is 6.10 Å². The molecule has 0 spiro atoms. The van der Waals surface area contributed by atoms with E-state index in [2.05, 4.69) is 47.7 Å². The lowest BCUT2D eigenvalue weighted by molar-refractivity contribution is -0.108. The lowest BCUT2D eigenvalue weighted by Crippen LogP contribution is -2.47. The van der Waals surface area contributed by atoms with Gasteiger partial charge < -0.3 is 14.0 Å². The second-order valence-electron chi connectivity index (χ2n) is 6.83. The Kier molecular flexibility index (Phi) is 4.79. The minimum atomic E-state index is -1.77. The lowest BCUT2D eigenvalue weighted by Gasteiger charge is -2.44. The van der Waals surface area contributed by atoms with Gasteiger partial charge >= 0.3 is 0 Å². The minimum absolute atomic E-state index is 0.0875. The van der Waals surface area contributed by atoms with Crippen LogP contribution in [0, 0.1) is 5.92 Å². The fourth-order valence-electron chi connectivity index (χ4n) is 2.19. The normalized spacial score (nSPS) is 26.2. The summed E-state index contributed by atoms with van der Waals surface area (Å²) in [5.74, 6) is 0.603. The number of epoxide rings is 1. The van der Waals surface area contributed by atoms with Crippen LogP contribution in [-0.4, -0.2) is 32.9 Å². The summed E-state index contributed by atoms with van der Waals surface area (Å²) in [7, 11) is -1.77. The number of carbonyl (C=O) groups is 1. The first kappa shape index (κ1) is 15.9. The summed E-state index contributed by atoms with van der Waals surface area (Å²) in [5.41, 5.74) is 0. The first-order valence-corrected chi connectivity index (χ1v) is 9.81. The number of carbonyl (C=O) groups excluding carboxylic acids is 1. The van der Waals surface area contributed by atoms with E-state index in [-0.39, 0.29) is 23.4 Å². The van der Waals surface area contributed by atoms with E-state index in [4.69, 9.17) is 9.16 Å². The maximum absolute atomic E-state index is 10.5. The van der Waals surface area contributed by atoms with Crippen LogP contribution in [0.1, 0.15) is 41.0 Å². The fraction of sp³-hybridized carbons (Fsp3) is 0.929. The molecule has 106 valence electrons. The molecule has 0 bridgehead atoms. The van der Waals surface area contributed by atoms with E-state index in [9.17, 15) is 4.79 Å². The Balaban J connectivity index is 2.52. The minimum Gasteiger partial charge on any atom is -0.414 e. The topological polar surface area (TPSA) is 38.8 Å². The van der Waals surface area contributed by atoms with Crippen molar-refractivity contribution in [3.63, 3.8) is 0 Å². The van der Waals surface area contributed by atoms with Crippen LogP contribution in [0.25, 0.3) is 0 Å². The Bertz CT molecular complexity index is 299. The predicted molar refractivity (Wildman–Crippen MR) is 76.3 cm³/mol. The van der Waals surface area contributed by atoms with Gasteiger partial charge in [0.15, 0.2) is 14.6 Å². The molecule has 0 aromatic rings. The van der Waals surface area contributed by atoms with Crippen molar-refractivity contribution in [2.24, 2.45) is 5.92 Å². The molecular formula is C14H28O3Si. The van der Waals surface area contributed by atoms with Crippen molar-refractivity contribution in [3.8, 4) is 0 Å². The summed E-state index contributed by atoms with van der Waals surface area (Å²) in [6, 6.07) is 0. The van der Waals surface area contributed by atoms with Crippen molar-refractivity contribution in [2.45, 2.75) is 77.5 Å². The van der Waals surface area contributed by atoms with Gasteiger partial charge in [0.2, 0.25) is 0 Å². The van der Waals surface area contributed by atoms with Gasteiger partial charge in [-0.2, -0.15) is 0 Å². The van der Waals surface area contributed by atoms with Crippen LogP contribution in [0.15, 0.2) is 0 Å². The summed E-state index contributed by atoms with van der Waals surface area (Å²) in [4.78, 5) is 10.5. The largest absolute Gasteiger partial charge is 0.414 e. The quantitative estimate of drug-likeness (QED) is 0.405. The molecule has 1 heterocycles. The van der Waals surface area contributed by atoms with Gasteiger partial charge in [-0.05, 0) is 31.0 Å². The zero-order valence-corrected chi connectivity index (χ0v) is 13.8. The molecule has 1 aliphatic rings. The first-order chi connectivity index (χ1) is 8.11. The molecule has 0 aromatic heterocycles. The summed E-state index contributed by atoms with van der Waals surface area (Å²) >= 11 is 0. The fourth-order valence-corrected chi connectivity index (χ4v) is 4.99. The monoisotopic (exact) mass is 272 g/mol. The standard InChI is InChI=1S/C14H28O3Si/c1-10(2)14(4,5)18(6,7)17-11(3)8-12-13(9-15)16-12/h9-13H,8H2,1-7H3/t11-,12-,13-/m1/s1. The lowest BCUT2D eigenvalue weighted by atomic mass is 9.99. The second kappa shape index (κ2) is 5.43. The first-order valence-electron chi connectivity index (χ1n) is 6.90. The molecule has 4 heteroatoms. The van der Waals surface area contributed by atoms with E-state index >= 15 is 0 Å². The van der Waals surface area contributed by atoms with Gasteiger partial charge in [0, 0.05) is 12.5 Å². The smallest absolute Gasteiger partial charge is 0.192 e. The Morgan fingerprint density at radius 3 is 2.28 bits per heavy atom. The molecule has 0 saturated carbocycles. The van der Waals surface area contributed by atoms with Crippen LogP contribution < -0.4 is 0 Å². The third-order valence-corrected chi connectivity index (χ3v) is 9.48. The highest BCUT2D eigenvalue weighted by atomic mass is 28.4. The molecule has 1 fully saturated rings. The Labute approximate surface area is 112 Å². The highest BCUT2D eigenvalue weighted by Gasteiger charge is 2.46. The van der Waals surface area contributed by atoms with Gasteiger partial charge in [0.25, 0.3) is 0 Å². The van der Waals surface area contributed by atoms with Crippen molar-refractivity contribution >= 4 is 14.6 Å². The Morgan fingerprint density at radius 2 is 1.89 bits per heavy atom. The van der Waals surface area contributed by atoms with Gasteiger partial charge in [-0.25, -0.2) is 0 Å². The molecule has 3 atom stereocenters. The van der Waals surface area contributed by atoms with E-state index in [1.165, 1.54) is 0 Å². The average molecular weight is 272 g/mol. The number of hydrogen-bond donors (Lipinski definition) is 0. The Hall–Kier alpha value is -0.193. The summed E-state index contributed by atoms with van der Waals surface area (Å²) in [5, 5.41) is 0.232. The number of rotatable bonds is 7. The van der Waals surface area contributed by atoms with Crippen molar-refractivity contribution in [2.75, 3.05) is 0 Å². The Morgan fingerprint density at radius 1 is 1.33 bits per heavy atom. The van der Waals surface area contributed by atoms with Crippen molar-refractivity contribution < 1.29 is 14.0 Å². The molecule has 0 unspecified atom stereocenters. The molecule has 0 radical (unpaired) electrons. The average Bonchev–Trinajstić information content (AvgIpc) is 2.94. The number of hydrogen-bond acceptors (Lipinski definition) is 3. The van der Waals surface area contributed by atoms with Crippen molar-refractivity contribution in [1.82, 2.24) is 0 Å². The van der Waals surface area contributed by atoms with Crippen LogP contribution in [-0.2, 0) is 14.0 Å². The molecule has 1 aliphatic heterocycles. The van der Waals surface area contributed by atoms with Crippen molar-refractivity contribution in [3.05, 3.63) is 0 Å². The highest BCUT2D eigenvalue weighted by molar-refractivity contribution is 6.74. The summed E-state index contributed by atoms with van der Waals surface area (Å²) in [6.45, 7) is 15.8. The van der Waals surface area contributed by atoms with Crippen LogP contribution in [0.5, 0.6) is 0 Å². The SMILES string of the molecule is CC(C)C(C)(C)[Si](C)(C)O[C@H](C)C[C@H]1O[C@@H]1C=O. The van der Waals surface area contributed by atoms with Crippen LogP contribution in [0.2, 0.25) is 18.1 Å². The van der Waals surface area contributed by atoms with E-state index < -0.39 is 8.32 Å². The van der Waals surface area contributed by atoms with Crippen LogP contribution in [0.3, 0.4) is 0 Å². The maximum Gasteiger partial charge on any atom is 0.192 e. The zero-order chi connectivity index (χ0) is 14.1.